The number of hydrogen-bond acceptors (Lipinski definition) is 3. The molecule has 0 atom stereocenters. The number of aromatic nitrogens is 1. The van der Waals surface area contributed by atoms with Gasteiger partial charge in [-0.2, -0.15) is 0 Å². The third-order valence-corrected chi connectivity index (χ3v) is 3.92. The molecule has 5 heteroatoms. The first-order valence-corrected chi connectivity index (χ1v) is 7.71. The summed E-state index contributed by atoms with van der Waals surface area (Å²) in [5.74, 6) is -0.0127. The average molecular weight is 309 g/mol. The van der Waals surface area contributed by atoms with Crippen molar-refractivity contribution in [3.05, 3.63) is 59.9 Å². The van der Waals surface area contributed by atoms with Crippen molar-refractivity contribution in [3.63, 3.8) is 0 Å². The summed E-state index contributed by atoms with van der Waals surface area (Å²) < 4.78 is 0. The van der Waals surface area contributed by atoms with Gasteiger partial charge in [-0.05, 0) is 37.1 Å². The molecule has 1 aromatic heterocycles. The minimum atomic E-state index is -0.207. The molecule has 1 N–H and O–H groups in total. The number of para-hydroxylation sites is 1. The Morgan fingerprint density at radius 1 is 1.17 bits per heavy atom. The van der Waals surface area contributed by atoms with E-state index in [0.717, 1.165) is 18.5 Å². The molecule has 5 nitrogen and oxygen atoms in total. The van der Waals surface area contributed by atoms with Gasteiger partial charge in [0.05, 0.1) is 23.5 Å². The number of nitrogens with one attached hydrogen (secondary N) is 1. The van der Waals surface area contributed by atoms with E-state index in [9.17, 15) is 9.59 Å². The summed E-state index contributed by atoms with van der Waals surface area (Å²) in [4.78, 5) is 30.5. The van der Waals surface area contributed by atoms with Gasteiger partial charge in [-0.15, -0.1) is 0 Å². The molecule has 118 valence electrons. The lowest BCUT2D eigenvalue weighted by Gasteiger charge is -2.20. The number of anilines is 1. The maximum Gasteiger partial charge on any atom is 0.253 e. The molecule has 0 saturated heterocycles. The topological polar surface area (TPSA) is 62.3 Å². The van der Waals surface area contributed by atoms with Crippen molar-refractivity contribution >= 4 is 17.5 Å². The van der Waals surface area contributed by atoms with Crippen molar-refractivity contribution in [2.45, 2.75) is 19.4 Å². The molecule has 1 aliphatic rings. The van der Waals surface area contributed by atoms with Crippen LogP contribution in [0.1, 0.15) is 28.9 Å². The van der Waals surface area contributed by atoms with Crippen LogP contribution < -0.4 is 10.2 Å². The molecule has 0 bridgehead atoms. The maximum absolute atomic E-state index is 12.5. The molecule has 0 spiro atoms. The van der Waals surface area contributed by atoms with E-state index in [1.54, 1.807) is 36.3 Å². The van der Waals surface area contributed by atoms with Crippen LogP contribution in [-0.2, 0) is 11.3 Å². The minimum absolute atomic E-state index is 0.0787. The Kier molecular flexibility index (Phi) is 4.37. The van der Waals surface area contributed by atoms with Crippen molar-refractivity contribution in [1.29, 1.82) is 0 Å². The van der Waals surface area contributed by atoms with Crippen LogP contribution in [0.2, 0.25) is 0 Å². The number of carbonyl (C=O) groups excluding carboxylic acids is 2. The zero-order chi connectivity index (χ0) is 16.2. The van der Waals surface area contributed by atoms with Crippen LogP contribution in [0.15, 0.2) is 48.7 Å². The van der Waals surface area contributed by atoms with Crippen molar-refractivity contribution in [2.75, 3.05) is 11.9 Å². The summed E-state index contributed by atoms with van der Waals surface area (Å²) in [5.41, 5.74) is 1.93. The molecular weight excluding hydrogens is 290 g/mol. The fourth-order valence-corrected chi connectivity index (χ4v) is 2.45. The molecule has 3 rings (SSSR count). The third-order valence-electron chi connectivity index (χ3n) is 3.92. The zero-order valence-electron chi connectivity index (χ0n) is 13.0. The first kappa shape index (κ1) is 15.2. The highest BCUT2D eigenvalue weighted by atomic mass is 16.2. The fraction of sp³-hybridized carbons (Fsp3) is 0.278. The van der Waals surface area contributed by atoms with Crippen molar-refractivity contribution in [1.82, 2.24) is 10.3 Å². The normalized spacial score (nSPS) is 13.4. The number of rotatable bonds is 5. The molecule has 2 aromatic rings. The summed E-state index contributed by atoms with van der Waals surface area (Å²) in [7, 11) is 1.73. The smallest absolute Gasteiger partial charge is 0.253 e. The number of benzene rings is 1. The lowest BCUT2D eigenvalue weighted by Crippen LogP contribution is -2.31. The lowest BCUT2D eigenvalue weighted by molar-refractivity contribution is -0.119. The zero-order valence-corrected chi connectivity index (χ0v) is 13.0. The van der Waals surface area contributed by atoms with E-state index < -0.39 is 0 Å². The van der Waals surface area contributed by atoms with Gasteiger partial charge in [0.25, 0.3) is 5.91 Å². The highest BCUT2D eigenvalue weighted by Gasteiger charge is 2.33. The third kappa shape index (κ3) is 3.56. The first-order chi connectivity index (χ1) is 11.2. The second kappa shape index (κ2) is 6.60. The van der Waals surface area contributed by atoms with E-state index in [-0.39, 0.29) is 17.7 Å². The van der Waals surface area contributed by atoms with E-state index in [2.05, 4.69) is 10.3 Å². The Morgan fingerprint density at radius 3 is 2.61 bits per heavy atom. The van der Waals surface area contributed by atoms with Gasteiger partial charge in [0.15, 0.2) is 0 Å². The number of nitrogens with zero attached hydrogens (tertiary/aromatic N) is 2. The second-order valence-electron chi connectivity index (χ2n) is 5.69. The van der Waals surface area contributed by atoms with Crippen molar-refractivity contribution < 1.29 is 9.59 Å². The largest absolute Gasteiger partial charge is 0.346 e. The van der Waals surface area contributed by atoms with Gasteiger partial charge < -0.3 is 10.2 Å². The van der Waals surface area contributed by atoms with Gasteiger partial charge in [0.1, 0.15) is 0 Å². The molecule has 1 saturated carbocycles. The average Bonchev–Trinajstić information content (AvgIpc) is 3.44. The van der Waals surface area contributed by atoms with E-state index in [1.807, 2.05) is 24.3 Å². The Hall–Kier alpha value is -2.69. The summed E-state index contributed by atoms with van der Waals surface area (Å²) in [6.45, 7) is 0.355. The molecule has 1 fully saturated rings. The number of carbonyl (C=O) groups is 2. The van der Waals surface area contributed by atoms with E-state index in [1.165, 1.54) is 0 Å². The van der Waals surface area contributed by atoms with Crippen LogP contribution in [0.4, 0.5) is 5.69 Å². The van der Waals surface area contributed by atoms with Gasteiger partial charge in [-0.3, -0.25) is 14.6 Å². The van der Waals surface area contributed by atoms with Gasteiger partial charge in [0, 0.05) is 19.2 Å². The SMILES string of the molecule is CN(C(=O)C1CC1)c1ccccc1C(=O)NCc1ccccn1. The predicted octanol–water partition coefficient (Wildman–Crippen LogP) is 2.38. The number of hydrogen-bond donors (Lipinski definition) is 1. The second-order valence-corrected chi connectivity index (χ2v) is 5.69. The molecule has 23 heavy (non-hydrogen) atoms. The predicted molar refractivity (Wildman–Crippen MR) is 88.0 cm³/mol. The van der Waals surface area contributed by atoms with Gasteiger partial charge in [-0.1, -0.05) is 18.2 Å². The van der Waals surface area contributed by atoms with Gasteiger partial charge in [-0.25, -0.2) is 0 Å². The molecule has 1 aromatic carbocycles. The molecular formula is C18H19N3O2. The Bertz CT molecular complexity index is 711. The molecule has 0 radical (unpaired) electrons. The van der Waals surface area contributed by atoms with Crippen LogP contribution in [0, 0.1) is 5.92 Å². The van der Waals surface area contributed by atoms with Crippen LogP contribution in [-0.4, -0.2) is 23.8 Å². The van der Waals surface area contributed by atoms with Gasteiger partial charge in [0.2, 0.25) is 5.91 Å². The first-order valence-electron chi connectivity index (χ1n) is 7.71. The Balaban J connectivity index is 1.74. The monoisotopic (exact) mass is 309 g/mol. The summed E-state index contributed by atoms with van der Waals surface area (Å²) in [6.07, 6.45) is 3.58. The highest BCUT2D eigenvalue weighted by molar-refractivity contribution is 6.05. The fourth-order valence-electron chi connectivity index (χ4n) is 2.45. The van der Waals surface area contributed by atoms with Crippen LogP contribution >= 0.6 is 0 Å². The van der Waals surface area contributed by atoms with E-state index in [0.29, 0.717) is 17.8 Å². The number of pyridine rings is 1. The lowest BCUT2D eigenvalue weighted by atomic mass is 10.1. The minimum Gasteiger partial charge on any atom is -0.346 e. The summed E-state index contributed by atoms with van der Waals surface area (Å²) in [5, 5.41) is 2.85. The maximum atomic E-state index is 12.5. The molecule has 1 aliphatic carbocycles. The Labute approximate surface area is 135 Å². The molecule has 0 aliphatic heterocycles. The van der Waals surface area contributed by atoms with Crippen molar-refractivity contribution in [3.8, 4) is 0 Å². The quantitative estimate of drug-likeness (QED) is 0.922. The molecule has 0 unspecified atom stereocenters. The highest BCUT2D eigenvalue weighted by Crippen LogP contribution is 2.33. The standard InChI is InChI=1S/C18H19N3O2/c1-21(18(23)13-9-10-13)16-8-3-2-7-15(16)17(22)20-12-14-6-4-5-11-19-14/h2-8,11,13H,9-10,12H2,1H3,(H,20,22). The Morgan fingerprint density at radius 2 is 1.91 bits per heavy atom. The van der Waals surface area contributed by atoms with E-state index >= 15 is 0 Å². The van der Waals surface area contributed by atoms with Crippen LogP contribution in [0.3, 0.4) is 0 Å². The van der Waals surface area contributed by atoms with Gasteiger partial charge >= 0.3 is 0 Å². The van der Waals surface area contributed by atoms with Crippen molar-refractivity contribution in [2.24, 2.45) is 5.92 Å². The van der Waals surface area contributed by atoms with Crippen LogP contribution in [0.5, 0.6) is 0 Å². The van der Waals surface area contributed by atoms with Crippen LogP contribution in [0.25, 0.3) is 0 Å². The summed E-state index contributed by atoms with van der Waals surface area (Å²) in [6, 6.07) is 12.7. The van der Waals surface area contributed by atoms with E-state index in [4.69, 9.17) is 0 Å². The molecule has 1 heterocycles. The number of amides is 2. The summed E-state index contributed by atoms with van der Waals surface area (Å²) >= 11 is 0. The molecule has 2 amide bonds.